The van der Waals surface area contributed by atoms with Crippen LogP contribution in [0.2, 0.25) is 0 Å². The standard InChI is InChI=1S/C16H16FNO4S/c17-13-4-2-12(3-5-13)14-6-7-15(22-14)16(19)18-8-1-10-23(20,21)11-9-18/h2-7H,1,8-11H2. The molecule has 1 fully saturated rings. The van der Waals surface area contributed by atoms with Crippen molar-refractivity contribution in [2.75, 3.05) is 24.6 Å². The quantitative estimate of drug-likeness (QED) is 0.844. The van der Waals surface area contributed by atoms with E-state index in [1.165, 1.54) is 17.0 Å². The largest absolute Gasteiger partial charge is 0.451 e. The van der Waals surface area contributed by atoms with E-state index in [4.69, 9.17) is 4.42 Å². The molecule has 0 saturated carbocycles. The fourth-order valence-corrected chi connectivity index (χ4v) is 3.79. The molecule has 1 aliphatic rings. The molecule has 1 aromatic heterocycles. The highest BCUT2D eigenvalue weighted by Crippen LogP contribution is 2.23. The molecular weight excluding hydrogens is 321 g/mol. The second-order valence-electron chi connectivity index (χ2n) is 5.47. The van der Waals surface area contributed by atoms with Crippen molar-refractivity contribution in [1.82, 2.24) is 4.90 Å². The Morgan fingerprint density at radius 2 is 1.78 bits per heavy atom. The van der Waals surface area contributed by atoms with Gasteiger partial charge in [-0.15, -0.1) is 0 Å². The minimum Gasteiger partial charge on any atom is -0.451 e. The van der Waals surface area contributed by atoms with Crippen molar-refractivity contribution in [3.05, 3.63) is 48.0 Å². The van der Waals surface area contributed by atoms with E-state index < -0.39 is 9.84 Å². The molecule has 2 aromatic rings. The molecule has 5 nitrogen and oxygen atoms in total. The first kappa shape index (κ1) is 15.7. The summed E-state index contributed by atoms with van der Waals surface area (Å²) in [6.07, 6.45) is 0.430. The first-order valence-corrected chi connectivity index (χ1v) is 9.12. The Morgan fingerprint density at radius 1 is 1.04 bits per heavy atom. The Balaban J connectivity index is 1.77. The van der Waals surface area contributed by atoms with Crippen molar-refractivity contribution in [3.63, 3.8) is 0 Å². The number of amides is 1. The maximum absolute atomic E-state index is 12.9. The molecule has 2 heterocycles. The van der Waals surface area contributed by atoms with Gasteiger partial charge in [-0.25, -0.2) is 12.8 Å². The zero-order valence-corrected chi connectivity index (χ0v) is 13.2. The van der Waals surface area contributed by atoms with Gasteiger partial charge in [0.05, 0.1) is 11.5 Å². The number of furan rings is 1. The summed E-state index contributed by atoms with van der Waals surface area (Å²) in [6.45, 7) is 0.568. The molecule has 0 atom stereocenters. The lowest BCUT2D eigenvalue weighted by molar-refractivity contribution is 0.0737. The summed E-state index contributed by atoms with van der Waals surface area (Å²) in [6, 6.07) is 8.98. The third kappa shape index (κ3) is 3.61. The van der Waals surface area contributed by atoms with Gasteiger partial charge in [-0.1, -0.05) is 0 Å². The van der Waals surface area contributed by atoms with Crippen LogP contribution in [-0.2, 0) is 9.84 Å². The summed E-state index contributed by atoms with van der Waals surface area (Å²) in [5.74, 6) is 0.0392. The van der Waals surface area contributed by atoms with Crippen LogP contribution >= 0.6 is 0 Å². The summed E-state index contributed by atoms with van der Waals surface area (Å²) in [5, 5.41) is 0. The maximum atomic E-state index is 12.9. The highest BCUT2D eigenvalue weighted by molar-refractivity contribution is 7.91. The number of halogens is 1. The third-order valence-electron chi connectivity index (χ3n) is 3.79. The van der Waals surface area contributed by atoms with Crippen LogP contribution in [0.3, 0.4) is 0 Å². The number of carbonyl (C=O) groups is 1. The molecule has 0 bridgehead atoms. The Morgan fingerprint density at radius 3 is 2.52 bits per heavy atom. The smallest absolute Gasteiger partial charge is 0.289 e. The van der Waals surface area contributed by atoms with Crippen LogP contribution in [0.1, 0.15) is 17.0 Å². The number of benzene rings is 1. The van der Waals surface area contributed by atoms with E-state index in [-0.39, 0.29) is 35.5 Å². The Bertz CT molecular complexity index is 811. The van der Waals surface area contributed by atoms with Crippen LogP contribution in [0, 0.1) is 5.82 Å². The molecule has 0 aliphatic carbocycles. The predicted molar refractivity (Wildman–Crippen MR) is 83.3 cm³/mol. The zero-order chi connectivity index (χ0) is 16.4. The molecular formula is C16H16FNO4S. The van der Waals surface area contributed by atoms with Gasteiger partial charge in [-0.05, 0) is 42.8 Å². The van der Waals surface area contributed by atoms with E-state index in [1.54, 1.807) is 24.3 Å². The SMILES string of the molecule is O=C(c1ccc(-c2ccc(F)cc2)o1)N1CCCS(=O)(=O)CC1. The van der Waals surface area contributed by atoms with Gasteiger partial charge in [0, 0.05) is 18.7 Å². The van der Waals surface area contributed by atoms with E-state index in [9.17, 15) is 17.6 Å². The average Bonchev–Trinajstić information content (AvgIpc) is 2.93. The van der Waals surface area contributed by atoms with Gasteiger partial charge < -0.3 is 9.32 Å². The molecule has 0 radical (unpaired) electrons. The monoisotopic (exact) mass is 337 g/mol. The zero-order valence-electron chi connectivity index (χ0n) is 12.4. The van der Waals surface area contributed by atoms with E-state index >= 15 is 0 Å². The van der Waals surface area contributed by atoms with Crippen molar-refractivity contribution < 1.29 is 22.0 Å². The highest BCUT2D eigenvalue weighted by Gasteiger charge is 2.25. The number of rotatable bonds is 2. The van der Waals surface area contributed by atoms with Gasteiger partial charge in [0.25, 0.3) is 5.91 Å². The lowest BCUT2D eigenvalue weighted by Gasteiger charge is -2.17. The van der Waals surface area contributed by atoms with Crippen LogP contribution in [-0.4, -0.2) is 43.8 Å². The molecule has 3 rings (SSSR count). The van der Waals surface area contributed by atoms with Gasteiger partial charge in [0.1, 0.15) is 11.6 Å². The van der Waals surface area contributed by atoms with E-state index in [2.05, 4.69) is 0 Å². The second kappa shape index (κ2) is 6.16. The van der Waals surface area contributed by atoms with Gasteiger partial charge >= 0.3 is 0 Å². The maximum Gasteiger partial charge on any atom is 0.289 e. The van der Waals surface area contributed by atoms with Crippen LogP contribution in [0.25, 0.3) is 11.3 Å². The Kier molecular flexibility index (Phi) is 4.21. The van der Waals surface area contributed by atoms with E-state index in [0.29, 0.717) is 24.3 Å². The lowest BCUT2D eigenvalue weighted by atomic mass is 10.2. The summed E-state index contributed by atoms with van der Waals surface area (Å²) in [5.41, 5.74) is 0.670. The molecule has 1 aromatic carbocycles. The van der Waals surface area contributed by atoms with Crippen LogP contribution < -0.4 is 0 Å². The summed E-state index contributed by atoms with van der Waals surface area (Å²) < 4.78 is 41.7. The number of hydrogen-bond donors (Lipinski definition) is 0. The minimum atomic E-state index is -3.07. The van der Waals surface area contributed by atoms with Crippen molar-refractivity contribution in [3.8, 4) is 11.3 Å². The summed E-state index contributed by atoms with van der Waals surface area (Å²) in [4.78, 5) is 13.9. The molecule has 122 valence electrons. The van der Waals surface area contributed by atoms with E-state index in [0.717, 1.165) is 0 Å². The minimum absolute atomic E-state index is 0.0235. The van der Waals surface area contributed by atoms with Crippen molar-refractivity contribution in [2.45, 2.75) is 6.42 Å². The van der Waals surface area contributed by atoms with E-state index in [1.807, 2.05) is 0 Å². The van der Waals surface area contributed by atoms with Crippen molar-refractivity contribution in [1.29, 1.82) is 0 Å². The molecule has 1 aliphatic heterocycles. The van der Waals surface area contributed by atoms with Crippen LogP contribution in [0.15, 0.2) is 40.8 Å². The first-order valence-electron chi connectivity index (χ1n) is 7.30. The Labute approximate surface area is 133 Å². The highest BCUT2D eigenvalue weighted by atomic mass is 32.2. The number of nitrogens with zero attached hydrogens (tertiary/aromatic N) is 1. The number of carbonyl (C=O) groups excluding carboxylic acids is 1. The first-order chi connectivity index (χ1) is 10.9. The molecule has 1 saturated heterocycles. The fraction of sp³-hybridized carbons (Fsp3) is 0.312. The topological polar surface area (TPSA) is 67.6 Å². The van der Waals surface area contributed by atoms with Crippen LogP contribution in [0.5, 0.6) is 0 Å². The average molecular weight is 337 g/mol. The van der Waals surface area contributed by atoms with Crippen molar-refractivity contribution >= 4 is 15.7 Å². The van der Waals surface area contributed by atoms with Gasteiger partial charge in [-0.3, -0.25) is 4.79 Å². The summed E-state index contributed by atoms with van der Waals surface area (Å²) >= 11 is 0. The predicted octanol–water partition coefficient (Wildman–Crippen LogP) is 2.35. The molecule has 23 heavy (non-hydrogen) atoms. The van der Waals surface area contributed by atoms with Gasteiger partial charge in [-0.2, -0.15) is 0 Å². The fourth-order valence-electron chi connectivity index (χ4n) is 2.52. The van der Waals surface area contributed by atoms with Crippen LogP contribution in [0.4, 0.5) is 4.39 Å². The molecule has 0 spiro atoms. The normalized spacial score (nSPS) is 17.7. The lowest BCUT2D eigenvalue weighted by Crippen LogP contribution is -2.33. The molecule has 7 heteroatoms. The van der Waals surface area contributed by atoms with Gasteiger partial charge in [0.2, 0.25) is 0 Å². The van der Waals surface area contributed by atoms with Crippen molar-refractivity contribution in [2.24, 2.45) is 0 Å². The van der Waals surface area contributed by atoms with Gasteiger partial charge in [0.15, 0.2) is 15.6 Å². The molecule has 0 unspecified atom stereocenters. The molecule has 1 amide bonds. The third-order valence-corrected chi connectivity index (χ3v) is 5.50. The Hall–Kier alpha value is -2.15. The second-order valence-corrected chi connectivity index (χ2v) is 7.77. The summed E-state index contributed by atoms with van der Waals surface area (Å²) in [7, 11) is -3.07. The number of hydrogen-bond acceptors (Lipinski definition) is 4. The number of sulfone groups is 1. The molecule has 0 N–H and O–H groups in total.